The second kappa shape index (κ2) is 5.62. The molecule has 1 atom stereocenters. The highest BCUT2D eigenvalue weighted by molar-refractivity contribution is 6.83. The largest absolute Gasteiger partial charge is 0.478 e. The molecule has 1 rings (SSSR count). The van der Waals surface area contributed by atoms with E-state index in [2.05, 4.69) is 64.0 Å². The molecular formula is C16H24OSi. The third-order valence-electron chi connectivity index (χ3n) is 2.55. The van der Waals surface area contributed by atoms with Crippen molar-refractivity contribution in [2.45, 2.75) is 53.4 Å². The van der Waals surface area contributed by atoms with E-state index >= 15 is 0 Å². The molecule has 1 aromatic carbocycles. The normalized spacial score (nSPS) is 12.6. The van der Waals surface area contributed by atoms with E-state index in [4.69, 9.17) is 4.74 Å². The topological polar surface area (TPSA) is 9.23 Å². The molecule has 18 heavy (non-hydrogen) atoms. The summed E-state index contributed by atoms with van der Waals surface area (Å²) in [5.41, 5.74) is 7.01. The van der Waals surface area contributed by atoms with Gasteiger partial charge in [-0.3, -0.25) is 0 Å². The molecule has 2 heteroatoms. The SMILES string of the molecule is Cc1cc(C)c(O[C@H](C)C#C[Si](C)(C)C)c(C)c1. The summed E-state index contributed by atoms with van der Waals surface area (Å²) in [5, 5.41) is 0. The van der Waals surface area contributed by atoms with E-state index in [0.717, 1.165) is 5.75 Å². The Morgan fingerprint density at radius 3 is 2.00 bits per heavy atom. The number of aryl methyl sites for hydroxylation is 3. The van der Waals surface area contributed by atoms with Crippen LogP contribution >= 0.6 is 0 Å². The first-order chi connectivity index (χ1) is 8.19. The fourth-order valence-electron chi connectivity index (χ4n) is 1.88. The first kappa shape index (κ1) is 14.9. The van der Waals surface area contributed by atoms with Gasteiger partial charge in [-0.25, -0.2) is 0 Å². The maximum Gasteiger partial charge on any atom is 0.155 e. The van der Waals surface area contributed by atoms with Crippen molar-refractivity contribution in [3.8, 4) is 17.2 Å². The van der Waals surface area contributed by atoms with Crippen molar-refractivity contribution in [3.63, 3.8) is 0 Å². The summed E-state index contributed by atoms with van der Waals surface area (Å²) in [6.07, 6.45) is -0.0446. The molecule has 0 fully saturated rings. The van der Waals surface area contributed by atoms with Gasteiger partial charge in [0.1, 0.15) is 13.8 Å². The fourth-order valence-corrected chi connectivity index (χ4v) is 2.51. The van der Waals surface area contributed by atoms with Crippen molar-refractivity contribution < 1.29 is 4.74 Å². The average Bonchev–Trinajstić information content (AvgIpc) is 2.19. The molecule has 0 amide bonds. The maximum absolute atomic E-state index is 5.97. The minimum Gasteiger partial charge on any atom is -0.478 e. The molecule has 0 heterocycles. The zero-order valence-electron chi connectivity index (χ0n) is 12.6. The molecule has 0 bridgehead atoms. The summed E-state index contributed by atoms with van der Waals surface area (Å²) >= 11 is 0. The van der Waals surface area contributed by atoms with Crippen molar-refractivity contribution in [1.82, 2.24) is 0 Å². The lowest BCUT2D eigenvalue weighted by molar-refractivity contribution is 0.275. The molecule has 0 aliphatic rings. The highest BCUT2D eigenvalue weighted by Crippen LogP contribution is 2.25. The Hall–Kier alpha value is -1.20. The van der Waals surface area contributed by atoms with Gasteiger partial charge in [0.05, 0.1) is 0 Å². The van der Waals surface area contributed by atoms with Crippen LogP contribution in [0.3, 0.4) is 0 Å². The smallest absolute Gasteiger partial charge is 0.155 e. The lowest BCUT2D eigenvalue weighted by atomic mass is 10.1. The molecule has 0 aliphatic heterocycles. The van der Waals surface area contributed by atoms with Gasteiger partial charge in [0, 0.05) is 0 Å². The summed E-state index contributed by atoms with van der Waals surface area (Å²) in [4.78, 5) is 0. The summed E-state index contributed by atoms with van der Waals surface area (Å²) in [6.45, 7) is 15.0. The number of benzene rings is 1. The Morgan fingerprint density at radius 2 is 1.56 bits per heavy atom. The second-order valence-corrected chi connectivity index (χ2v) is 10.8. The number of ether oxygens (including phenoxy) is 1. The van der Waals surface area contributed by atoms with Gasteiger partial charge in [-0.05, 0) is 38.8 Å². The van der Waals surface area contributed by atoms with Crippen LogP contribution in [0.1, 0.15) is 23.6 Å². The third kappa shape index (κ3) is 4.58. The van der Waals surface area contributed by atoms with Gasteiger partial charge >= 0.3 is 0 Å². The van der Waals surface area contributed by atoms with Crippen LogP contribution in [0.2, 0.25) is 19.6 Å². The van der Waals surface area contributed by atoms with Crippen molar-refractivity contribution in [3.05, 3.63) is 28.8 Å². The molecular weight excluding hydrogens is 236 g/mol. The molecule has 1 nitrogen and oxygen atoms in total. The van der Waals surface area contributed by atoms with Gasteiger partial charge in [-0.2, -0.15) is 0 Å². The molecule has 98 valence electrons. The number of rotatable bonds is 2. The van der Waals surface area contributed by atoms with Crippen LogP contribution in [0.15, 0.2) is 12.1 Å². The molecule has 0 spiro atoms. The quantitative estimate of drug-likeness (QED) is 0.570. The van der Waals surface area contributed by atoms with Crippen LogP contribution in [-0.4, -0.2) is 14.2 Å². The van der Waals surface area contributed by atoms with Crippen molar-refractivity contribution in [1.29, 1.82) is 0 Å². The number of hydrogen-bond acceptors (Lipinski definition) is 1. The molecule has 0 radical (unpaired) electrons. The van der Waals surface area contributed by atoms with E-state index < -0.39 is 8.07 Å². The zero-order valence-corrected chi connectivity index (χ0v) is 13.6. The standard InChI is InChI=1S/C16H24OSi/c1-12-10-13(2)16(14(3)11-12)17-15(4)8-9-18(5,6)7/h10-11,15H,1-7H3/t15-/m1/s1. The second-order valence-electron chi connectivity index (χ2n) is 6.01. The summed E-state index contributed by atoms with van der Waals surface area (Å²) in [6, 6.07) is 4.31. The summed E-state index contributed by atoms with van der Waals surface area (Å²) in [7, 11) is -1.31. The Morgan fingerprint density at radius 1 is 1.06 bits per heavy atom. The monoisotopic (exact) mass is 260 g/mol. The van der Waals surface area contributed by atoms with E-state index in [1.807, 2.05) is 6.92 Å². The van der Waals surface area contributed by atoms with Crippen LogP contribution in [0.5, 0.6) is 5.75 Å². The van der Waals surface area contributed by atoms with Gasteiger partial charge in [0.15, 0.2) is 6.10 Å². The maximum atomic E-state index is 5.97. The Labute approximate surface area is 113 Å². The van der Waals surface area contributed by atoms with Crippen LogP contribution < -0.4 is 4.74 Å². The third-order valence-corrected chi connectivity index (χ3v) is 3.44. The van der Waals surface area contributed by atoms with Gasteiger partial charge in [0.2, 0.25) is 0 Å². The minimum atomic E-state index is -1.31. The van der Waals surface area contributed by atoms with Crippen LogP contribution in [0.4, 0.5) is 0 Å². The molecule has 1 aromatic rings. The zero-order chi connectivity index (χ0) is 13.9. The lowest BCUT2D eigenvalue weighted by Crippen LogP contribution is -2.19. The molecule has 0 saturated heterocycles. The first-order valence-electron chi connectivity index (χ1n) is 6.46. The summed E-state index contributed by atoms with van der Waals surface area (Å²) < 4.78 is 5.97. The van der Waals surface area contributed by atoms with Gasteiger partial charge in [-0.15, -0.1) is 5.54 Å². The summed E-state index contributed by atoms with van der Waals surface area (Å²) in [5.74, 6) is 4.21. The van der Waals surface area contributed by atoms with Crippen LogP contribution in [0, 0.1) is 32.2 Å². The van der Waals surface area contributed by atoms with E-state index in [1.165, 1.54) is 16.7 Å². The molecule has 0 unspecified atom stereocenters. The Kier molecular flexibility index (Phi) is 4.64. The molecule has 0 N–H and O–H groups in total. The van der Waals surface area contributed by atoms with Crippen molar-refractivity contribution in [2.24, 2.45) is 0 Å². The fraction of sp³-hybridized carbons (Fsp3) is 0.500. The first-order valence-corrected chi connectivity index (χ1v) is 9.96. The van der Waals surface area contributed by atoms with E-state index in [0.29, 0.717) is 0 Å². The van der Waals surface area contributed by atoms with Gasteiger partial charge in [0.25, 0.3) is 0 Å². The lowest BCUT2D eigenvalue weighted by Gasteiger charge is -2.16. The molecule has 0 aromatic heterocycles. The molecule has 0 saturated carbocycles. The highest BCUT2D eigenvalue weighted by Gasteiger charge is 2.10. The minimum absolute atomic E-state index is 0.0446. The van der Waals surface area contributed by atoms with E-state index in [1.54, 1.807) is 0 Å². The highest BCUT2D eigenvalue weighted by atomic mass is 28.3. The van der Waals surface area contributed by atoms with Gasteiger partial charge in [-0.1, -0.05) is 43.3 Å². The molecule has 0 aliphatic carbocycles. The predicted octanol–water partition coefficient (Wildman–Crippen LogP) is 4.26. The number of hydrogen-bond donors (Lipinski definition) is 0. The van der Waals surface area contributed by atoms with Crippen LogP contribution in [-0.2, 0) is 0 Å². The van der Waals surface area contributed by atoms with Gasteiger partial charge < -0.3 is 4.74 Å². The van der Waals surface area contributed by atoms with Crippen molar-refractivity contribution in [2.75, 3.05) is 0 Å². The Bertz CT molecular complexity index is 463. The average molecular weight is 260 g/mol. The van der Waals surface area contributed by atoms with E-state index in [-0.39, 0.29) is 6.10 Å². The van der Waals surface area contributed by atoms with Crippen molar-refractivity contribution >= 4 is 8.07 Å². The Balaban J connectivity index is 2.88. The van der Waals surface area contributed by atoms with Crippen LogP contribution in [0.25, 0.3) is 0 Å². The predicted molar refractivity (Wildman–Crippen MR) is 81.9 cm³/mol. The van der Waals surface area contributed by atoms with E-state index in [9.17, 15) is 0 Å².